The third kappa shape index (κ3) is 5.95. The molecule has 2 rings (SSSR count). The van der Waals surface area contributed by atoms with E-state index in [-0.39, 0.29) is 0 Å². The summed E-state index contributed by atoms with van der Waals surface area (Å²) >= 11 is 5.39. The van der Waals surface area contributed by atoms with Crippen LogP contribution in [0.4, 0.5) is 5.69 Å². The number of hydrogen-bond acceptors (Lipinski definition) is 1. The number of benzene rings is 2. The fourth-order valence-corrected chi connectivity index (χ4v) is 2.89. The highest BCUT2D eigenvalue weighted by atomic mass is 32.1. The molecule has 0 aliphatic carbocycles. The van der Waals surface area contributed by atoms with Crippen LogP contribution in [0.5, 0.6) is 0 Å². The minimum atomic E-state index is 0.699. The van der Waals surface area contributed by atoms with Crippen LogP contribution in [0.3, 0.4) is 0 Å². The zero-order valence-electron chi connectivity index (χ0n) is 14.9. The largest absolute Gasteiger partial charge is 0.362 e. The van der Waals surface area contributed by atoms with Gasteiger partial charge >= 0.3 is 0 Å². The smallest absolute Gasteiger partial charge is 0.170 e. The average molecular weight is 343 g/mol. The van der Waals surface area contributed by atoms with Crippen LogP contribution < -0.4 is 15.5 Å². The van der Waals surface area contributed by atoms with E-state index in [0.717, 1.165) is 31.7 Å². The summed E-state index contributed by atoms with van der Waals surface area (Å²) in [4.78, 5) is 1.51. The van der Waals surface area contributed by atoms with Crippen molar-refractivity contribution in [1.29, 1.82) is 0 Å². The van der Waals surface area contributed by atoms with E-state index >= 15 is 0 Å². The summed E-state index contributed by atoms with van der Waals surface area (Å²) in [6.07, 6.45) is 1.09. The minimum absolute atomic E-state index is 0.699. The lowest BCUT2D eigenvalue weighted by Crippen LogP contribution is -3.07. The van der Waals surface area contributed by atoms with E-state index in [4.69, 9.17) is 12.2 Å². The molecule has 0 saturated carbocycles. The van der Waals surface area contributed by atoms with E-state index in [1.165, 1.54) is 21.6 Å². The molecule has 0 aliphatic heterocycles. The molecule has 0 radical (unpaired) electrons. The molecule has 0 aliphatic rings. The molecule has 0 heterocycles. The molecular formula is C20H28N3S+. The van der Waals surface area contributed by atoms with E-state index in [1.54, 1.807) is 0 Å². The van der Waals surface area contributed by atoms with Crippen molar-refractivity contribution in [2.45, 2.75) is 26.8 Å². The molecule has 2 aromatic carbocycles. The number of anilines is 1. The fourth-order valence-electron chi connectivity index (χ4n) is 2.68. The summed E-state index contributed by atoms with van der Waals surface area (Å²) in [6, 6.07) is 16.9. The first-order valence-electron chi connectivity index (χ1n) is 8.52. The van der Waals surface area contributed by atoms with Crippen LogP contribution >= 0.6 is 12.2 Å². The Bertz CT molecular complexity index is 655. The molecule has 24 heavy (non-hydrogen) atoms. The van der Waals surface area contributed by atoms with Crippen LogP contribution in [0.15, 0.2) is 48.5 Å². The lowest BCUT2D eigenvalue weighted by atomic mass is 10.1. The molecule has 4 heteroatoms. The molecule has 3 N–H and O–H groups in total. The van der Waals surface area contributed by atoms with Gasteiger partial charge in [0.05, 0.1) is 13.6 Å². The second kappa shape index (κ2) is 9.40. The molecule has 0 fully saturated rings. The van der Waals surface area contributed by atoms with E-state index in [9.17, 15) is 0 Å². The maximum Gasteiger partial charge on any atom is 0.170 e. The summed E-state index contributed by atoms with van der Waals surface area (Å²) in [5, 5.41) is 7.30. The van der Waals surface area contributed by atoms with E-state index in [0.29, 0.717) is 5.11 Å². The number of rotatable bonds is 7. The van der Waals surface area contributed by atoms with Crippen LogP contribution in [0, 0.1) is 13.8 Å². The first kappa shape index (κ1) is 18.4. The standard InChI is InChI=1S/C20H27N3S/c1-16-9-7-12-19(17(16)2)22-20(24)21-13-8-14-23(3)15-18-10-5-4-6-11-18/h4-7,9-12H,8,13-15H2,1-3H3,(H2,21,22,24)/p+1. The van der Waals surface area contributed by atoms with Gasteiger partial charge in [0.1, 0.15) is 6.54 Å². The van der Waals surface area contributed by atoms with Crippen molar-refractivity contribution >= 4 is 23.0 Å². The van der Waals surface area contributed by atoms with Crippen molar-refractivity contribution in [2.75, 3.05) is 25.5 Å². The average Bonchev–Trinajstić information content (AvgIpc) is 2.57. The molecular weight excluding hydrogens is 314 g/mol. The van der Waals surface area contributed by atoms with E-state index in [2.05, 4.69) is 80.1 Å². The van der Waals surface area contributed by atoms with Gasteiger partial charge in [-0.3, -0.25) is 0 Å². The van der Waals surface area contributed by atoms with Crippen molar-refractivity contribution in [3.63, 3.8) is 0 Å². The summed E-state index contributed by atoms with van der Waals surface area (Å²) in [7, 11) is 2.24. The Balaban J connectivity index is 1.66. The molecule has 3 nitrogen and oxygen atoms in total. The number of thiocarbonyl (C=S) groups is 1. The Labute approximate surface area is 151 Å². The second-order valence-electron chi connectivity index (χ2n) is 6.35. The SMILES string of the molecule is Cc1cccc(NC(=S)NCCC[NH+](C)Cc2ccccc2)c1C. The Morgan fingerprint density at radius 1 is 1.04 bits per heavy atom. The Hall–Kier alpha value is -1.91. The predicted molar refractivity (Wildman–Crippen MR) is 107 cm³/mol. The Morgan fingerprint density at radius 3 is 2.54 bits per heavy atom. The normalized spacial score (nSPS) is 11.8. The van der Waals surface area contributed by atoms with Crippen LogP contribution in [-0.2, 0) is 6.54 Å². The van der Waals surface area contributed by atoms with Gasteiger partial charge in [-0.2, -0.15) is 0 Å². The highest BCUT2D eigenvalue weighted by Crippen LogP contribution is 2.17. The van der Waals surface area contributed by atoms with Crippen molar-refractivity contribution in [1.82, 2.24) is 5.32 Å². The van der Waals surface area contributed by atoms with Gasteiger partial charge < -0.3 is 15.5 Å². The molecule has 0 bridgehead atoms. The van der Waals surface area contributed by atoms with Crippen LogP contribution in [-0.4, -0.2) is 25.2 Å². The summed E-state index contributed by atoms with van der Waals surface area (Å²) < 4.78 is 0. The number of nitrogens with one attached hydrogen (secondary N) is 3. The van der Waals surface area contributed by atoms with Gasteiger partial charge in [0.2, 0.25) is 0 Å². The third-order valence-corrected chi connectivity index (χ3v) is 4.51. The summed E-state index contributed by atoms with van der Waals surface area (Å²) in [5.41, 5.74) is 4.98. The quantitative estimate of drug-likeness (QED) is 0.534. The second-order valence-corrected chi connectivity index (χ2v) is 6.76. The van der Waals surface area contributed by atoms with Crippen molar-refractivity contribution in [3.05, 3.63) is 65.2 Å². The van der Waals surface area contributed by atoms with Gasteiger partial charge in [0, 0.05) is 24.2 Å². The van der Waals surface area contributed by atoms with Crippen molar-refractivity contribution in [2.24, 2.45) is 0 Å². The van der Waals surface area contributed by atoms with E-state index in [1.807, 2.05) is 0 Å². The van der Waals surface area contributed by atoms with E-state index < -0.39 is 0 Å². The highest BCUT2D eigenvalue weighted by molar-refractivity contribution is 7.80. The summed E-state index contributed by atoms with van der Waals surface area (Å²) in [6.45, 7) is 7.30. The third-order valence-electron chi connectivity index (χ3n) is 4.27. The molecule has 128 valence electrons. The number of hydrogen-bond donors (Lipinski definition) is 3. The number of aryl methyl sites for hydroxylation is 1. The van der Waals surface area contributed by atoms with Gasteiger partial charge in [-0.25, -0.2) is 0 Å². The topological polar surface area (TPSA) is 28.5 Å². The van der Waals surface area contributed by atoms with Crippen LogP contribution in [0.2, 0.25) is 0 Å². The first-order valence-corrected chi connectivity index (χ1v) is 8.93. The zero-order valence-corrected chi connectivity index (χ0v) is 15.7. The highest BCUT2D eigenvalue weighted by Gasteiger charge is 2.05. The molecule has 0 spiro atoms. The van der Waals surface area contributed by atoms with Gasteiger partial charge in [0.15, 0.2) is 5.11 Å². The van der Waals surface area contributed by atoms with Crippen LogP contribution in [0.25, 0.3) is 0 Å². The molecule has 2 aromatic rings. The van der Waals surface area contributed by atoms with Gasteiger partial charge in [0.25, 0.3) is 0 Å². The molecule has 0 amide bonds. The Kier molecular flexibility index (Phi) is 7.22. The van der Waals surface area contributed by atoms with Crippen molar-refractivity contribution < 1.29 is 4.90 Å². The van der Waals surface area contributed by atoms with Gasteiger partial charge in [-0.15, -0.1) is 0 Å². The van der Waals surface area contributed by atoms with Gasteiger partial charge in [-0.05, 0) is 43.3 Å². The monoisotopic (exact) mass is 342 g/mol. The maximum absolute atomic E-state index is 5.39. The predicted octanol–water partition coefficient (Wildman–Crippen LogP) is 2.69. The van der Waals surface area contributed by atoms with Crippen LogP contribution in [0.1, 0.15) is 23.1 Å². The molecule has 0 saturated heterocycles. The van der Waals surface area contributed by atoms with Gasteiger partial charge in [-0.1, -0.05) is 42.5 Å². The first-order chi connectivity index (χ1) is 11.6. The molecule has 0 aromatic heterocycles. The minimum Gasteiger partial charge on any atom is -0.362 e. The lowest BCUT2D eigenvalue weighted by Gasteiger charge is -2.16. The Morgan fingerprint density at radius 2 is 1.79 bits per heavy atom. The number of quaternary nitrogens is 1. The van der Waals surface area contributed by atoms with Crippen molar-refractivity contribution in [3.8, 4) is 0 Å². The summed E-state index contributed by atoms with van der Waals surface area (Å²) in [5.74, 6) is 0. The molecule has 1 unspecified atom stereocenters. The fraction of sp³-hybridized carbons (Fsp3) is 0.350. The zero-order chi connectivity index (χ0) is 17.4. The lowest BCUT2D eigenvalue weighted by molar-refractivity contribution is -0.893. The maximum atomic E-state index is 5.39. The molecule has 1 atom stereocenters.